The van der Waals surface area contributed by atoms with Gasteiger partial charge in [0.15, 0.2) is 11.0 Å². The van der Waals surface area contributed by atoms with E-state index in [1.165, 1.54) is 22.9 Å². The molecule has 0 bridgehead atoms. The number of nitrogens with one attached hydrogen (secondary N) is 1. The molecule has 8 heteroatoms. The van der Waals surface area contributed by atoms with E-state index < -0.39 is 0 Å². The lowest BCUT2D eigenvalue weighted by atomic mass is 9.88. The molecule has 32 heavy (non-hydrogen) atoms. The lowest BCUT2D eigenvalue weighted by Crippen LogP contribution is -2.32. The summed E-state index contributed by atoms with van der Waals surface area (Å²) in [5.74, 6) is 1.72. The largest absolute Gasteiger partial charge is 0.484 e. The Balaban J connectivity index is 1.21. The Bertz CT molecular complexity index is 1110. The smallest absolute Gasteiger partial charge is 0.230 e. The molecule has 0 saturated heterocycles. The van der Waals surface area contributed by atoms with E-state index in [9.17, 15) is 4.79 Å². The Morgan fingerprint density at radius 1 is 1.12 bits per heavy atom. The van der Waals surface area contributed by atoms with Crippen LogP contribution in [0.4, 0.5) is 0 Å². The minimum Gasteiger partial charge on any atom is -0.484 e. The Kier molecular flexibility index (Phi) is 6.37. The summed E-state index contributed by atoms with van der Waals surface area (Å²) in [6.07, 6.45) is 5.35. The van der Waals surface area contributed by atoms with Crippen LogP contribution in [0.1, 0.15) is 54.7 Å². The molecule has 1 atom stereocenters. The average Bonchev–Trinajstić information content (AvgIpc) is 3.57. The molecule has 1 aromatic heterocycles. The van der Waals surface area contributed by atoms with E-state index in [1.807, 2.05) is 24.3 Å². The van der Waals surface area contributed by atoms with Crippen molar-refractivity contribution < 1.29 is 9.53 Å². The molecule has 2 aliphatic carbocycles. The van der Waals surface area contributed by atoms with Gasteiger partial charge in [-0.1, -0.05) is 59.8 Å². The number of aryl methyl sites for hydroxylation is 1. The summed E-state index contributed by atoms with van der Waals surface area (Å²) in [5.41, 5.74) is 2.59. The number of aromatic nitrogens is 3. The first-order chi connectivity index (χ1) is 15.7. The van der Waals surface area contributed by atoms with Gasteiger partial charge in [-0.3, -0.25) is 9.36 Å². The van der Waals surface area contributed by atoms with Crippen molar-refractivity contribution in [3.05, 3.63) is 70.5 Å². The lowest BCUT2D eigenvalue weighted by Gasteiger charge is -2.26. The second kappa shape index (κ2) is 9.55. The summed E-state index contributed by atoms with van der Waals surface area (Å²) in [7, 11) is 0. The summed E-state index contributed by atoms with van der Waals surface area (Å²) < 4.78 is 7.99. The predicted molar refractivity (Wildman–Crippen MR) is 125 cm³/mol. The molecule has 0 spiro atoms. The normalized spacial score (nSPS) is 17.6. The molecule has 1 fully saturated rings. The van der Waals surface area contributed by atoms with Crippen LogP contribution in [0.15, 0.2) is 53.7 Å². The van der Waals surface area contributed by atoms with Crippen molar-refractivity contribution in [1.29, 1.82) is 0 Å². The van der Waals surface area contributed by atoms with E-state index in [2.05, 4.69) is 38.3 Å². The Morgan fingerprint density at radius 3 is 2.78 bits per heavy atom. The van der Waals surface area contributed by atoms with Gasteiger partial charge in [-0.25, -0.2) is 0 Å². The quantitative estimate of drug-likeness (QED) is 0.464. The minimum atomic E-state index is 0.0240. The second-order valence-electron chi connectivity index (χ2n) is 8.22. The number of hydrogen-bond acceptors (Lipinski definition) is 5. The van der Waals surface area contributed by atoms with Gasteiger partial charge in [-0.15, -0.1) is 10.2 Å². The van der Waals surface area contributed by atoms with E-state index in [4.69, 9.17) is 16.3 Å². The molecular formula is C24H25ClN4O2S. The number of fused-ring (bicyclic) bond motifs is 1. The highest BCUT2D eigenvalue weighted by Gasteiger charge is 2.30. The number of benzene rings is 2. The first-order valence-corrected chi connectivity index (χ1v) is 12.4. The number of amides is 1. The Hall–Kier alpha value is -2.51. The molecule has 2 aromatic carbocycles. The van der Waals surface area contributed by atoms with Gasteiger partial charge in [0.1, 0.15) is 12.4 Å². The number of rotatable bonds is 8. The molecule has 1 saturated carbocycles. The van der Waals surface area contributed by atoms with Gasteiger partial charge in [0.25, 0.3) is 0 Å². The fourth-order valence-electron chi connectivity index (χ4n) is 4.18. The standard InChI is InChI=1S/C24H25ClN4O2S/c25-19-9-3-4-11-21(19)31-14-22-27-28-24(29(22)17-12-13-17)32-15-23(30)26-20-10-5-7-16-6-1-2-8-18(16)20/h1-4,6,8-9,11,17,20H,5,7,10,12-15H2,(H,26,30). The van der Waals surface area contributed by atoms with Crippen LogP contribution in [0.25, 0.3) is 0 Å². The van der Waals surface area contributed by atoms with Gasteiger partial charge in [-0.05, 0) is 55.4 Å². The van der Waals surface area contributed by atoms with Gasteiger partial charge in [-0.2, -0.15) is 0 Å². The highest BCUT2D eigenvalue weighted by Crippen LogP contribution is 2.39. The molecular weight excluding hydrogens is 444 g/mol. The summed E-state index contributed by atoms with van der Waals surface area (Å²) in [5, 5.41) is 13.2. The van der Waals surface area contributed by atoms with E-state index >= 15 is 0 Å². The summed E-state index contributed by atoms with van der Waals surface area (Å²) in [6, 6.07) is 16.3. The Labute approximate surface area is 196 Å². The minimum absolute atomic E-state index is 0.0240. The Morgan fingerprint density at radius 2 is 1.94 bits per heavy atom. The number of halogens is 1. The van der Waals surface area contributed by atoms with E-state index in [1.54, 1.807) is 6.07 Å². The maximum Gasteiger partial charge on any atom is 0.230 e. The third-order valence-corrected chi connectivity index (χ3v) is 7.13. The molecule has 0 aliphatic heterocycles. The van der Waals surface area contributed by atoms with Gasteiger partial charge in [0, 0.05) is 6.04 Å². The molecule has 166 valence electrons. The zero-order chi connectivity index (χ0) is 21.9. The number of para-hydroxylation sites is 1. The van der Waals surface area contributed by atoms with E-state index in [0.29, 0.717) is 29.2 Å². The fraction of sp³-hybridized carbons (Fsp3) is 0.375. The highest BCUT2D eigenvalue weighted by atomic mass is 35.5. The molecule has 1 heterocycles. The predicted octanol–water partition coefficient (Wildman–Crippen LogP) is 5.13. The zero-order valence-corrected chi connectivity index (χ0v) is 19.2. The van der Waals surface area contributed by atoms with Crippen LogP contribution >= 0.6 is 23.4 Å². The lowest BCUT2D eigenvalue weighted by molar-refractivity contribution is -0.119. The third kappa shape index (κ3) is 4.79. The summed E-state index contributed by atoms with van der Waals surface area (Å²) >= 11 is 7.62. The zero-order valence-electron chi connectivity index (χ0n) is 17.7. The molecule has 1 N–H and O–H groups in total. The first-order valence-electron chi connectivity index (χ1n) is 11.0. The first kappa shape index (κ1) is 21.3. The van der Waals surface area contributed by atoms with Crippen molar-refractivity contribution in [3.63, 3.8) is 0 Å². The number of ether oxygens (including phenoxy) is 1. The van der Waals surface area contributed by atoms with Crippen LogP contribution in [-0.4, -0.2) is 26.4 Å². The molecule has 1 unspecified atom stereocenters. The van der Waals surface area contributed by atoms with Crippen molar-refractivity contribution >= 4 is 29.3 Å². The van der Waals surface area contributed by atoms with Gasteiger partial charge in [0.05, 0.1) is 16.8 Å². The average molecular weight is 469 g/mol. The van der Waals surface area contributed by atoms with Crippen molar-refractivity contribution in [2.24, 2.45) is 0 Å². The number of carbonyl (C=O) groups excluding carboxylic acids is 1. The van der Waals surface area contributed by atoms with E-state index in [0.717, 1.165) is 43.1 Å². The van der Waals surface area contributed by atoms with Crippen LogP contribution in [0.3, 0.4) is 0 Å². The monoisotopic (exact) mass is 468 g/mol. The second-order valence-corrected chi connectivity index (χ2v) is 9.57. The molecule has 2 aliphatic rings. The maximum absolute atomic E-state index is 12.7. The van der Waals surface area contributed by atoms with Gasteiger partial charge < -0.3 is 10.1 Å². The molecule has 3 aromatic rings. The van der Waals surface area contributed by atoms with Gasteiger partial charge in [0.2, 0.25) is 5.91 Å². The number of thioether (sulfide) groups is 1. The molecule has 1 amide bonds. The SMILES string of the molecule is O=C(CSc1nnc(COc2ccccc2Cl)n1C1CC1)NC1CCCc2ccccc21. The number of carbonyl (C=O) groups is 1. The molecule has 6 nitrogen and oxygen atoms in total. The molecule has 5 rings (SSSR count). The van der Waals surface area contributed by atoms with Crippen molar-refractivity contribution in [3.8, 4) is 5.75 Å². The number of hydrogen-bond donors (Lipinski definition) is 1. The third-order valence-electron chi connectivity index (χ3n) is 5.88. The van der Waals surface area contributed by atoms with Crippen LogP contribution in [0.2, 0.25) is 5.02 Å². The maximum atomic E-state index is 12.7. The van der Waals surface area contributed by atoms with Gasteiger partial charge >= 0.3 is 0 Å². The van der Waals surface area contributed by atoms with Crippen molar-refractivity contribution in [1.82, 2.24) is 20.1 Å². The number of nitrogens with zero attached hydrogens (tertiary/aromatic N) is 3. The van der Waals surface area contributed by atoms with Crippen LogP contribution in [-0.2, 0) is 17.8 Å². The highest BCUT2D eigenvalue weighted by molar-refractivity contribution is 7.99. The topological polar surface area (TPSA) is 69.0 Å². The fourth-order valence-corrected chi connectivity index (χ4v) is 5.20. The van der Waals surface area contributed by atoms with Crippen LogP contribution in [0, 0.1) is 0 Å². The van der Waals surface area contributed by atoms with E-state index in [-0.39, 0.29) is 11.9 Å². The summed E-state index contributed by atoms with van der Waals surface area (Å²) in [6.45, 7) is 0.291. The molecule has 0 radical (unpaired) electrons. The van der Waals surface area contributed by atoms with Crippen LogP contribution in [0.5, 0.6) is 5.75 Å². The summed E-state index contributed by atoms with van der Waals surface area (Å²) in [4.78, 5) is 12.7. The van der Waals surface area contributed by atoms with Crippen molar-refractivity contribution in [2.75, 3.05) is 5.75 Å². The van der Waals surface area contributed by atoms with Crippen LogP contribution < -0.4 is 10.1 Å². The van der Waals surface area contributed by atoms with Crippen molar-refractivity contribution in [2.45, 2.75) is 56.0 Å².